The van der Waals surface area contributed by atoms with Gasteiger partial charge >= 0.3 is 0 Å². The second-order valence-corrected chi connectivity index (χ2v) is 3.33. The first-order valence-electron chi connectivity index (χ1n) is 4.30. The first-order chi connectivity index (χ1) is 6.65. The van der Waals surface area contributed by atoms with Gasteiger partial charge in [0.15, 0.2) is 5.78 Å². The third-order valence-electron chi connectivity index (χ3n) is 1.80. The highest BCUT2D eigenvalue weighted by Gasteiger charge is 2.05. The average Bonchev–Trinajstić information content (AvgIpc) is 2.14. The zero-order chi connectivity index (χ0) is 10.6. The van der Waals surface area contributed by atoms with Crippen molar-refractivity contribution in [2.75, 3.05) is 11.9 Å². The summed E-state index contributed by atoms with van der Waals surface area (Å²) in [5.74, 6) is -0.0229. The van der Waals surface area contributed by atoms with Crippen molar-refractivity contribution in [2.45, 2.75) is 6.92 Å². The van der Waals surface area contributed by atoms with Crippen LogP contribution in [0.1, 0.15) is 17.3 Å². The van der Waals surface area contributed by atoms with Gasteiger partial charge < -0.3 is 5.32 Å². The molecule has 2 nitrogen and oxygen atoms in total. The summed E-state index contributed by atoms with van der Waals surface area (Å²) in [5.41, 5.74) is 1.44. The van der Waals surface area contributed by atoms with Gasteiger partial charge in [-0.15, -0.1) is 6.58 Å². The van der Waals surface area contributed by atoms with Crippen molar-refractivity contribution < 1.29 is 4.79 Å². The van der Waals surface area contributed by atoms with E-state index in [-0.39, 0.29) is 5.78 Å². The number of anilines is 1. The van der Waals surface area contributed by atoms with E-state index in [9.17, 15) is 4.79 Å². The molecule has 74 valence electrons. The van der Waals surface area contributed by atoms with Crippen LogP contribution in [0.15, 0.2) is 30.9 Å². The Balaban J connectivity index is 2.88. The zero-order valence-electron chi connectivity index (χ0n) is 8.01. The van der Waals surface area contributed by atoms with Crippen molar-refractivity contribution >= 4 is 23.1 Å². The van der Waals surface area contributed by atoms with Gasteiger partial charge in [0.05, 0.1) is 5.02 Å². The van der Waals surface area contributed by atoms with Crippen molar-refractivity contribution in [1.82, 2.24) is 0 Å². The number of benzene rings is 1. The first kappa shape index (κ1) is 10.8. The van der Waals surface area contributed by atoms with E-state index in [2.05, 4.69) is 11.9 Å². The predicted molar refractivity (Wildman–Crippen MR) is 60.1 cm³/mol. The minimum absolute atomic E-state index is 0.0229. The zero-order valence-corrected chi connectivity index (χ0v) is 8.77. The van der Waals surface area contributed by atoms with Gasteiger partial charge in [-0.05, 0) is 25.1 Å². The topological polar surface area (TPSA) is 29.1 Å². The molecule has 0 aliphatic rings. The highest BCUT2D eigenvalue weighted by molar-refractivity contribution is 6.34. The normalized spacial score (nSPS) is 9.57. The van der Waals surface area contributed by atoms with Crippen LogP contribution in [0.2, 0.25) is 5.02 Å². The van der Waals surface area contributed by atoms with Gasteiger partial charge in [0.2, 0.25) is 0 Å². The fourth-order valence-corrected chi connectivity index (χ4v) is 1.41. The molecule has 0 saturated heterocycles. The second-order valence-electron chi connectivity index (χ2n) is 2.92. The van der Waals surface area contributed by atoms with Crippen LogP contribution >= 0.6 is 11.6 Å². The molecule has 0 aliphatic heterocycles. The van der Waals surface area contributed by atoms with E-state index < -0.39 is 0 Å². The Bertz CT molecular complexity index is 360. The molecule has 0 atom stereocenters. The van der Waals surface area contributed by atoms with Gasteiger partial charge in [0.1, 0.15) is 0 Å². The Labute approximate surface area is 88.6 Å². The smallest absolute Gasteiger partial charge is 0.161 e. The van der Waals surface area contributed by atoms with Crippen molar-refractivity contribution in [1.29, 1.82) is 0 Å². The lowest BCUT2D eigenvalue weighted by Gasteiger charge is -2.05. The number of nitrogens with one attached hydrogen (secondary N) is 1. The molecule has 0 bridgehead atoms. The number of carbonyl (C=O) groups is 1. The summed E-state index contributed by atoms with van der Waals surface area (Å²) in [7, 11) is 0. The number of ketones is 1. The summed E-state index contributed by atoms with van der Waals surface area (Å²) in [5, 5.41) is 3.57. The second kappa shape index (κ2) is 4.82. The Hall–Kier alpha value is -1.28. The SMILES string of the molecule is C=CCNc1ccc(C(C)=O)c(Cl)c1. The largest absolute Gasteiger partial charge is 0.382 e. The number of rotatable bonds is 4. The van der Waals surface area contributed by atoms with E-state index in [0.717, 1.165) is 5.69 Å². The molecule has 0 heterocycles. The molecule has 0 aromatic heterocycles. The summed E-state index contributed by atoms with van der Waals surface area (Å²) in [4.78, 5) is 11.1. The lowest BCUT2D eigenvalue weighted by Crippen LogP contribution is -1.99. The van der Waals surface area contributed by atoms with Crippen LogP contribution in [0.3, 0.4) is 0 Å². The van der Waals surface area contributed by atoms with Crippen LogP contribution in [-0.2, 0) is 0 Å². The number of halogens is 1. The maximum absolute atomic E-state index is 11.1. The van der Waals surface area contributed by atoms with E-state index in [4.69, 9.17) is 11.6 Å². The van der Waals surface area contributed by atoms with Crippen molar-refractivity contribution in [2.24, 2.45) is 0 Å². The van der Waals surface area contributed by atoms with Crippen LogP contribution in [0, 0.1) is 0 Å². The average molecular weight is 210 g/mol. The highest BCUT2D eigenvalue weighted by atomic mass is 35.5. The van der Waals surface area contributed by atoms with Gasteiger partial charge in [0, 0.05) is 17.8 Å². The molecule has 3 heteroatoms. The maximum atomic E-state index is 11.1. The molecule has 1 N–H and O–H groups in total. The van der Waals surface area contributed by atoms with Gasteiger partial charge in [-0.1, -0.05) is 17.7 Å². The van der Waals surface area contributed by atoms with Gasteiger partial charge in [-0.25, -0.2) is 0 Å². The molecule has 0 radical (unpaired) electrons. The Morgan fingerprint density at radius 1 is 1.64 bits per heavy atom. The van der Waals surface area contributed by atoms with Gasteiger partial charge in [-0.2, -0.15) is 0 Å². The van der Waals surface area contributed by atoms with E-state index in [1.165, 1.54) is 6.92 Å². The van der Waals surface area contributed by atoms with Crippen molar-refractivity contribution in [3.05, 3.63) is 41.4 Å². The molecule has 0 fully saturated rings. The molecular weight excluding hydrogens is 198 g/mol. The summed E-state index contributed by atoms with van der Waals surface area (Å²) >= 11 is 5.92. The number of hydrogen-bond donors (Lipinski definition) is 1. The standard InChI is InChI=1S/C11H12ClNO/c1-3-6-13-9-4-5-10(8(2)14)11(12)7-9/h3-5,7,13H,1,6H2,2H3. The summed E-state index contributed by atoms with van der Waals surface area (Å²) in [6, 6.07) is 5.28. The molecule has 0 spiro atoms. The van der Waals surface area contributed by atoms with E-state index in [1.54, 1.807) is 18.2 Å². The lowest BCUT2D eigenvalue weighted by atomic mass is 10.1. The Kier molecular flexibility index (Phi) is 3.72. The lowest BCUT2D eigenvalue weighted by molar-refractivity contribution is 0.101. The summed E-state index contributed by atoms with van der Waals surface area (Å²) in [6.45, 7) is 5.77. The Morgan fingerprint density at radius 3 is 2.86 bits per heavy atom. The van der Waals surface area contributed by atoms with Crippen molar-refractivity contribution in [3.8, 4) is 0 Å². The monoisotopic (exact) mass is 209 g/mol. The van der Waals surface area contributed by atoms with E-state index in [0.29, 0.717) is 17.1 Å². The van der Waals surface area contributed by atoms with Crippen LogP contribution in [0.25, 0.3) is 0 Å². The van der Waals surface area contributed by atoms with E-state index in [1.807, 2.05) is 6.07 Å². The molecule has 1 rings (SSSR count). The molecule has 0 unspecified atom stereocenters. The Morgan fingerprint density at radius 2 is 2.36 bits per heavy atom. The first-order valence-corrected chi connectivity index (χ1v) is 4.68. The number of Topliss-reactive ketones (excluding diaryl/α,β-unsaturated/α-hetero) is 1. The maximum Gasteiger partial charge on any atom is 0.161 e. The quantitative estimate of drug-likeness (QED) is 0.610. The van der Waals surface area contributed by atoms with Crippen LogP contribution in [0.4, 0.5) is 5.69 Å². The highest BCUT2D eigenvalue weighted by Crippen LogP contribution is 2.21. The molecule has 0 amide bonds. The van der Waals surface area contributed by atoms with Gasteiger partial charge in [-0.3, -0.25) is 4.79 Å². The minimum atomic E-state index is -0.0229. The minimum Gasteiger partial charge on any atom is -0.382 e. The predicted octanol–water partition coefficient (Wildman–Crippen LogP) is 3.14. The summed E-state index contributed by atoms with van der Waals surface area (Å²) < 4.78 is 0. The van der Waals surface area contributed by atoms with Crippen LogP contribution in [-0.4, -0.2) is 12.3 Å². The fraction of sp³-hybridized carbons (Fsp3) is 0.182. The van der Waals surface area contributed by atoms with Crippen LogP contribution in [0.5, 0.6) is 0 Å². The van der Waals surface area contributed by atoms with Crippen molar-refractivity contribution in [3.63, 3.8) is 0 Å². The molecule has 14 heavy (non-hydrogen) atoms. The third-order valence-corrected chi connectivity index (χ3v) is 2.11. The number of hydrogen-bond acceptors (Lipinski definition) is 2. The van der Waals surface area contributed by atoms with E-state index >= 15 is 0 Å². The third kappa shape index (κ3) is 2.60. The number of carbonyl (C=O) groups excluding carboxylic acids is 1. The van der Waals surface area contributed by atoms with Crippen LogP contribution < -0.4 is 5.32 Å². The molecular formula is C11H12ClNO. The fourth-order valence-electron chi connectivity index (χ4n) is 1.10. The molecule has 0 aliphatic carbocycles. The molecule has 1 aromatic rings. The molecule has 0 saturated carbocycles. The summed E-state index contributed by atoms with van der Waals surface area (Å²) in [6.07, 6.45) is 1.76. The van der Waals surface area contributed by atoms with Gasteiger partial charge in [0.25, 0.3) is 0 Å². The molecule has 1 aromatic carbocycles.